The van der Waals surface area contributed by atoms with E-state index in [0.29, 0.717) is 6.54 Å². The molecule has 1 aromatic heterocycles. The van der Waals surface area contributed by atoms with E-state index < -0.39 is 0 Å². The summed E-state index contributed by atoms with van der Waals surface area (Å²) in [6.45, 7) is 4.31. The summed E-state index contributed by atoms with van der Waals surface area (Å²) in [7, 11) is 0. The van der Waals surface area contributed by atoms with Gasteiger partial charge >= 0.3 is 0 Å². The Morgan fingerprint density at radius 3 is 3.10 bits per heavy atom. The Hall–Kier alpha value is -1.17. The molecule has 0 bridgehead atoms. The zero-order valence-corrected chi connectivity index (χ0v) is 14.3. The lowest BCUT2D eigenvalue weighted by Crippen LogP contribution is -2.36. The molecule has 1 N–H and O–H groups in total. The predicted octanol–water partition coefficient (Wildman–Crippen LogP) is 3.82. The standard InChI is InChI=1S/C16H17BrN2OS/c1-11-2-3-13(8-14(11)17)18-16(20)10-19-6-4-15-12(9-19)5-7-21-15/h2-3,5,7-8H,4,6,9-10H2,1H3,(H,18,20). The van der Waals surface area contributed by atoms with Crippen LogP contribution in [0.4, 0.5) is 5.69 Å². The maximum absolute atomic E-state index is 12.2. The maximum atomic E-state index is 12.2. The first kappa shape index (κ1) is 14.8. The summed E-state index contributed by atoms with van der Waals surface area (Å²) in [6.07, 6.45) is 1.05. The molecule has 2 heterocycles. The quantitative estimate of drug-likeness (QED) is 0.897. The van der Waals surface area contributed by atoms with Gasteiger partial charge in [-0.25, -0.2) is 0 Å². The number of carbonyl (C=O) groups is 1. The Balaban J connectivity index is 1.58. The lowest BCUT2D eigenvalue weighted by molar-refractivity contribution is -0.117. The van der Waals surface area contributed by atoms with Crippen LogP contribution < -0.4 is 5.32 Å². The van der Waals surface area contributed by atoms with E-state index in [1.807, 2.05) is 36.5 Å². The van der Waals surface area contributed by atoms with Gasteiger partial charge in [-0.05, 0) is 48.1 Å². The number of amides is 1. The second-order valence-corrected chi connectivity index (χ2v) is 7.20. The van der Waals surface area contributed by atoms with Crippen molar-refractivity contribution in [1.29, 1.82) is 0 Å². The average molecular weight is 365 g/mol. The number of hydrogen-bond donors (Lipinski definition) is 1. The van der Waals surface area contributed by atoms with Gasteiger partial charge in [0.05, 0.1) is 6.54 Å². The van der Waals surface area contributed by atoms with Crippen molar-refractivity contribution in [1.82, 2.24) is 4.90 Å². The molecule has 5 heteroatoms. The number of halogens is 1. The smallest absolute Gasteiger partial charge is 0.238 e. The highest BCUT2D eigenvalue weighted by Crippen LogP contribution is 2.24. The van der Waals surface area contributed by atoms with Gasteiger partial charge in [-0.15, -0.1) is 11.3 Å². The fourth-order valence-electron chi connectivity index (χ4n) is 2.52. The fraction of sp³-hybridized carbons (Fsp3) is 0.312. The Morgan fingerprint density at radius 1 is 1.43 bits per heavy atom. The van der Waals surface area contributed by atoms with Gasteiger partial charge in [0.15, 0.2) is 0 Å². The van der Waals surface area contributed by atoms with Gasteiger partial charge in [-0.3, -0.25) is 9.69 Å². The molecule has 0 radical (unpaired) electrons. The van der Waals surface area contributed by atoms with Gasteiger partial charge in [0.2, 0.25) is 5.91 Å². The summed E-state index contributed by atoms with van der Waals surface area (Å²) < 4.78 is 1.01. The lowest BCUT2D eigenvalue weighted by Gasteiger charge is -2.26. The Bertz CT molecular complexity index is 668. The number of thiophene rings is 1. The third-order valence-corrected chi connectivity index (χ3v) is 5.59. The molecule has 3 rings (SSSR count). The van der Waals surface area contributed by atoms with Crippen molar-refractivity contribution < 1.29 is 4.79 Å². The van der Waals surface area contributed by atoms with Gasteiger partial charge in [0, 0.05) is 28.1 Å². The number of fused-ring (bicyclic) bond motifs is 1. The number of nitrogens with one attached hydrogen (secondary N) is 1. The van der Waals surface area contributed by atoms with Gasteiger partial charge in [0.1, 0.15) is 0 Å². The first-order chi connectivity index (χ1) is 10.1. The van der Waals surface area contributed by atoms with Crippen LogP contribution in [0.5, 0.6) is 0 Å². The molecule has 1 amide bonds. The number of benzene rings is 1. The highest BCUT2D eigenvalue weighted by molar-refractivity contribution is 9.10. The van der Waals surface area contributed by atoms with E-state index in [0.717, 1.165) is 35.2 Å². The summed E-state index contributed by atoms with van der Waals surface area (Å²) >= 11 is 5.31. The fourth-order valence-corrected chi connectivity index (χ4v) is 3.78. The van der Waals surface area contributed by atoms with Crippen LogP contribution >= 0.6 is 27.3 Å². The van der Waals surface area contributed by atoms with Crippen molar-refractivity contribution in [2.75, 3.05) is 18.4 Å². The monoisotopic (exact) mass is 364 g/mol. The molecule has 0 atom stereocenters. The molecule has 0 fully saturated rings. The van der Waals surface area contributed by atoms with Crippen molar-refractivity contribution in [2.45, 2.75) is 19.9 Å². The molecule has 0 saturated heterocycles. The number of anilines is 1. The molecule has 1 aromatic carbocycles. The van der Waals surface area contributed by atoms with E-state index in [1.165, 1.54) is 10.4 Å². The number of aryl methyl sites for hydroxylation is 1. The Kier molecular flexibility index (Phi) is 4.42. The first-order valence-corrected chi connectivity index (χ1v) is 8.62. The van der Waals surface area contributed by atoms with Crippen LogP contribution in [0, 0.1) is 6.92 Å². The first-order valence-electron chi connectivity index (χ1n) is 6.95. The highest BCUT2D eigenvalue weighted by atomic mass is 79.9. The van der Waals surface area contributed by atoms with Crippen LogP contribution in [0.2, 0.25) is 0 Å². The molecular weight excluding hydrogens is 348 g/mol. The van der Waals surface area contributed by atoms with Crippen molar-refractivity contribution in [3.05, 3.63) is 50.1 Å². The minimum Gasteiger partial charge on any atom is -0.325 e. The highest BCUT2D eigenvalue weighted by Gasteiger charge is 2.19. The van der Waals surface area contributed by atoms with E-state index in [2.05, 4.69) is 37.6 Å². The largest absolute Gasteiger partial charge is 0.325 e. The normalized spacial score (nSPS) is 14.8. The average Bonchev–Trinajstić information content (AvgIpc) is 2.90. The van der Waals surface area contributed by atoms with Crippen molar-refractivity contribution >= 4 is 38.9 Å². The van der Waals surface area contributed by atoms with Gasteiger partial charge in [-0.2, -0.15) is 0 Å². The molecule has 3 nitrogen and oxygen atoms in total. The summed E-state index contributed by atoms with van der Waals surface area (Å²) in [5.41, 5.74) is 3.37. The van der Waals surface area contributed by atoms with Crippen LogP contribution in [0.15, 0.2) is 34.1 Å². The summed E-state index contributed by atoms with van der Waals surface area (Å²) in [5, 5.41) is 5.10. The molecule has 1 aliphatic heterocycles. The molecule has 1 aliphatic rings. The SMILES string of the molecule is Cc1ccc(NC(=O)CN2CCc3sccc3C2)cc1Br. The molecule has 0 spiro atoms. The molecule has 0 saturated carbocycles. The number of nitrogens with zero attached hydrogens (tertiary/aromatic N) is 1. The van der Waals surface area contributed by atoms with Crippen LogP contribution in [-0.2, 0) is 17.8 Å². The Morgan fingerprint density at radius 2 is 2.29 bits per heavy atom. The van der Waals surface area contributed by atoms with Crippen molar-refractivity contribution in [3.63, 3.8) is 0 Å². The van der Waals surface area contributed by atoms with Gasteiger partial charge in [0.25, 0.3) is 0 Å². The van der Waals surface area contributed by atoms with E-state index in [9.17, 15) is 4.79 Å². The zero-order valence-electron chi connectivity index (χ0n) is 11.9. The molecular formula is C16H17BrN2OS. The van der Waals surface area contributed by atoms with Crippen molar-refractivity contribution in [2.24, 2.45) is 0 Å². The lowest BCUT2D eigenvalue weighted by atomic mass is 10.1. The number of carbonyl (C=O) groups excluding carboxylic acids is 1. The van der Waals surface area contributed by atoms with Crippen molar-refractivity contribution in [3.8, 4) is 0 Å². The minimum atomic E-state index is 0.0458. The number of hydrogen-bond acceptors (Lipinski definition) is 3. The summed E-state index contributed by atoms with van der Waals surface area (Å²) in [6, 6.07) is 8.05. The maximum Gasteiger partial charge on any atom is 0.238 e. The predicted molar refractivity (Wildman–Crippen MR) is 90.8 cm³/mol. The molecule has 0 unspecified atom stereocenters. The minimum absolute atomic E-state index is 0.0458. The molecule has 2 aromatic rings. The zero-order chi connectivity index (χ0) is 14.8. The molecule has 0 aliphatic carbocycles. The molecule has 110 valence electrons. The van der Waals surface area contributed by atoms with Gasteiger partial charge in [-0.1, -0.05) is 22.0 Å². The van der Waals surface area contributed by atoms with Crippen LogP contribution in [0.3, 0.4) is 0 Å². The second-order valence-electron chi connectivity index (χ2n) is 5.34. The summed E-state index contributed by atoms with van der Waals surface area (Å²) in [5.74, 6) is 0.0458. The second kappa shape index (κ2) is 6.30. The van der Waals surface area contributed by atoms with E-state index >= 15 is 0 Å². The van der Waals surface area contributed by atoms with E-state index in [-0.39, 0.29) is 5.91 Å². The Labute approximate surface area is 137 Å². The molecule has 21 heavy (non-hydrogen) atoms. The third-order valence-electron chi connectivity index (χ3n) is 3.71. The van der Waals surface area contributed by atoms with Crippen LogP contribution in [0.1, 0.15) is 16.0 Å². The summed E-state index contributed by atoms with van der Waals surface area (Å²) in [4.78, 5) is 15.8. The van der Waals surface area contributed by atoms with E-state index in [4.69, 9.17) is 0 Å². The number of rotatable bonds is 3. The third kappa shape index (κ3) is 3.54. The topological polar surface area (TPSA) is 32.3 Å². The van der Waals surface area contributed by atoms with Crippen LogP contribution in [0.25, 0.3) is 0 Å². The van der Waals surface area contributed by atoms with Crippen LogP contribution in [-0.4, -0.2) is 23.9 Å². The van der Waals surface area contributed by atoms with E-state index in [1.54, 1.807) is 0 Å². The van der Waals surface area contributed by atoms with Gasteiger partial charge < -0.3 is 5.32 Å².